The van der Waals surface area contributed by atoms with Crippen molar-refractivity contribution < 1.29 is 31.1 Å². The molecule has 0 radical (unpaired) electrons. The van der Waals surface area contributed by atoms with Crippen LogP contribution >= 0.6 is 0 Å². The van der Waals surface area contributed by atoms with E-state index in [4.69, 9.17) is 0 Å². The van der Waals surface area contributed by atoms with Gasteiger partial charge in [-0.05, 0) is 12.1 Å². The summed E-state index contributed by atoms with van der Waals surface area (Å²) >= 11 is 0. The standard InChI is InChI=1S/C16H12F3N3O4S/c1-22-13(21-11-6-9(16(17,18)19)7-20-14(11)22)8-3-4-10(15(23)26-2)12(5-8)27(24)25/h3-7,10H,1-2H3. The zero-order valence-corrected chi connectivity index (χ0v) is 14.8. The lowest BCUT2D eigenvalue weighted by atomic mass is 9.96. The number of pyridine rings is 1. The van der Waals surface area contributed by atoms with Gasteiger partial charge in [0.1, 0.15) is 17.3 Å². The van der Waals surface area contributed by atoms with Crippen molar-refractivity contribution in [2.75, 3.05) is 7.11 Å². The zero-order chi connectivity index (χ0) is 19.9. The van der Waals surface area contributed by atoms with Crippen LogP contribution in [0.15, 0.2) is 30.5 Å². The van der Waals surface area contributed by atoms with Crippen LogP contribution in [0, 0.1) is 5.92 Å². The molecule has 0 aromatic carbocycles. The Bertz CT molecular complexity index is 1140. The van der Waals surface area contributed by atoms with E-state index < -0.39 is 33.9 Å². The predicted octanol–water partition coefficient (Wildman–Crippen LogP) is 1.78. The van der Waals surface area contributed by atoms with Gasteiger partial charge < -0.3 is 9.30 Å². The van der Waals surface area contributed by atoms with E-state index in [1.165, 1.54) is 22.8 Å². The van der Waals surface area contributed by atoms with Crippen LogP contribution < -0.4 is 0 Å². The molecular weight excluding hydrogens is 387 g/mol. The van der Waals surface area contributed by atoms with Crippen LogP contribution in [0.5, 0.6) is 0 Å². The highest BCUT2D eigenvalue weighted by Crippen LogP contribution is 2.31. The maximum absolute atomic E-state index is 12.9. The molecule has 27 heavy (non-hydrogen) atoms. The van der Waals surface area contributed by atoms with E-state index in [1.54, 1.807) is 7.05 Å². The first-order valence-electron chi connectivity index (χ1n) is 7.47. The number of alkyl halides is 3. The second-order valence-corrected chi connectivity index (χ2v) is 6.60. The number of fused-ring (bicyclic) bond motifs is 1. The Kier molecular flexibility index (Phi) is 4.64. The minimum Gasteiger partial charge on any atom is -0.468 e. The van der Waals surface area contributed by atoms with Crippen LogP contribution in [0.2, 0.25) is 0 Å². The number of imidazole rings is 1. The van der Waals surface area contributed by atoms with Crippen molar-refractivity contribution in [3.8, 4) is 0 Å². The summed E-state index contributed by atoms with van der Waals surface area (Å²) in [5.41, 5.74) is -0.418. The van der Waals surface area contributed by atoms with Crippen LogP contribution in [0.4, 0.5) is 13.2 Å². The Balaban J connectivity index is 2.13. The molecule has 1 aliphatic rings. The molecule has 11 heteroatoms. The summed E-state index contributed by atoms with van der Waals surface area (Å²) in [5, 5.41) is 0. The molecule has 0 amide bonds. The third-order valence-electron chi connectivity index (χ3n) is 4.01. The lowest BCUT2D eigenvalue weighted by molar-refractivity contribution is -0.141. The minimum atomic E-state index is -4.56. The van der Waals surface area contributed by atoms with Gasteiger partial charge >= 0.3 is 12.1 Å². The number of esters is 1. The number of halogens is 3. The molecule has 3 rings (SSSR count). The second kappa shape index (κ2) is 6.65. The average Bonchev–Trinajstić information content (AvgIpc) is 2.96. The number of nitrogens with zero attached hydrogens (tertiary/aromatic N) is 3. The number of carbonyl (C=O) groups excluding carboxylic acids is 1. The third-order valence-corrected chi connectivity index (χ3v) is 4.77. The summed E-state index contributed by atoms with van der Waals surface area (Å²) in [5.74, 6) is -1.64. The van der Waals surface area contributed by atoms with Crippen molar-refractivity contribution in [2.24, 2.45) is 13.0 Å². The first kappa shape index (κ1) is 18.8. The molecule has 1 unspecified atom stereocenters. The zero-order valence-electron chi connectivity index (χ0n) is 14.0. The summed E-state index contributed by atoms with van der Waals surface area (Å²) in [6.07, 6.45) is 0.175. The molecule has 2 heterocycles. The molecule has 7 nitrogen and oxygen atoms in total. The number of aromatic nitrogens is 3. The van der Waals surface area contributed by atoms with Crippen LogP contribution in [-0.2, 0) is 33.0 Å². The minimum absolute atomic E-state index is 0.0107. The van der Waals surface area contributed by atoms with Gasteiger partial charge in [0, 0.05) is 18.8 Å². The van der Waals surface area contributed by atoms with Crippen molar-refractivity contribution in [2.45, 2.75) is 6.18 Å². The summed E-state index contributed by atoms with van der Waals surface area (Å²) < 4.78 is 67.6. The van der Waals surface area contributed by atoms with Gasteiger partial charge in [0.15, 0.2) is 5.65 Å². The first-order chi connectivity index (χ1) is 12.6. The molecule has 0 N–H and O–H groups in total. The molecule has 0 spiro atoms. The molecule has 0 fully saturated rings. The fourth-order valence-electron chi connectivity index (χ4n) is 2.69. The van der Waals surface area contributed by atoms with Crippen molar-refractivity contribution in [1.29, 1.82) is 0 Å². The third kappa shape index (κ3) is 3.37. The molecule has 1 aliphatic carbocycles. The molecule has 0 saturated carbocycles. The number of hydrogen-bond donors (Lipinski definition) is 0. The highest BCUT2D eigenvalue weighted by Gasteiger charge is 2.32. The van der Waals surface area contributed by atoms with Crippen molar-refractivity contribution in [1.82, 2.24) is 14.5 Å². The van der Waals surface area contributed by atoms with E-state index in [2.05, 4.69) is 14.7 Å². The van der Waals surface area contributed by atoms with Crippen molar-refractivity contribution >= 4 is 37.9 Å². The Morgan fingerprint density at radius 3 is 2.63 bits per heavy atom. The number of methoxy groups -OCH3 is 1. The van der Waals surface area contributed by atoms with E-state index in [0.717, 1.165) is 13.2 Å². The molecule has 2 aromatic rings. The van der Waals surface area contributed by atoms with E-state index in [0.29, 0.717) is 11.8 Å². The fraction of sp³-hybridized carbons (Fsp3) is 0.250. The van der Waals surface area contributed by atoms with Crippen LogP contribution in [-0.4, -0.2) is 40.9 Å². The number of carbonyl (C=O) groups is 1. The largest absolute Gasteiger partial charge is 0.468 e. The predicted molar refractivity (Wildman–Crippen MR) is 90.1 cm³/mol. The van der Waals surface area contributed by atoms with Gasteiger partial charge in [-0.15, -0.1) is 0 Å². The van der Waals surface area contributed by atoms with Gasteiger partial charge in [-0.2, -0.15) is 21.6 Å². The highest BCUT2D eigenvalue weighted by atomic mass is 32.2. The maximum atomic E-state index is 12.9. The van der Waals surface area contributed by atoms with Crippen molar-refractivity contribution in [3.63, 3.8) is 0 Å². The number of rotatable bonds is 2. The van der Waals surface area contributed by atoms with E-state index in [9.17, 15) is 26.4 Å². The normalized spacial score (nSPS) is 17.1. The van der Waals surface area contributed by atoms with Crippen molar-refractivity contribution in [3.05, 3.63) is 41.9 Å². The highest BCUT2D eigenvalue weighted by molar-refractivity contribution is 7.73. The van der Waals surface area contributed by atoms with Gasteiger partial charge in [-0.3, -0.25) is 4.79 Å². The topological polar surface area (TPSA) is 91.2 Å². The molecular formula is C16H12F3N3O4S. The Morgan fingerprint density at radius 1 is 1.33 bits per heavy atom. The average molecular weight is 399 g/mol. The smallest absolute Gasteiger partial charge is 0.417 e. The lowest BCUT2D eigenvalue weighted by Crippen LogP contribution is -2.25. The molecule has 142 valence electrons. The van der Waals surface area contributed by atoms with Gasteiger partial charge in [0.05, 0.1) is 17.5 Å². The van der Waals surface area contributed by atoms with E-state index >= 15 is 0 Å². The molecule has 2 aromatic heterocycles. The quantitative estimate of drug-likeness (QED) is 0.565. The Morgan fingerprint density at radius 2 is 2.04 bits per heavy atom. The maximum Gasteiger partial charge on any atom is 0.417 e. The first-order valence-corrected chi connectivity index (χ1v) is 8.55. The van der Waals surface area contributed by atoms with Gasteiger partial charge in [-0.1, -0.05) is 12.2 Å². The summed E-state index contributed by atoms with van der Waals surface area (Å²) in [4.78, 5) is 19.4. The summed E-state index contributed by atoms with van der Waals surface area (Å²) in [7, 11) is -0.0252. The number of ether oxygens (including phenoxy) is 1. The SMILES string of the molecule is COC(=O)C1C=CC(c2nc3cc(C(F)(F)F)cnc3n2C)=CC1=S(=O)=O. The molecule has 0 saturated heterocycles. The number of aryl methyl sites for hydroxylation is 1. The van der Waals surface area contributed by atoms with E-state index in [-0.39, 0.29) is 21.9 Å². The van der Waals surface area contributed by atoms with Crippen LogP contribution in [0.1, 0.15) is 11.4 Å². The molecule has 0 bridgehead atoms. The lowest BCUT2D eigenvalue weighted by Gasteiger charge is -2.14. The van der Waals surface area contributed by atoms with Gasteiger partial charge in [0.25, 0.3) is 0 Å². The number of allylic oxidation sites excluding steroid dienone is 3. The second-order valence-electron chi connectivity index (χ2n) is 5.66. The van der Waals surface area contributed by atoms with Gasteiger partial charge in [0.2, 0.25) is 10.3 Å². The molecule has 0 aliphatic heterocycles. The van der Waals surface area contributed by atoms with Crippen LogP contribution in [0.25, 0.3) is 16.7 Å². The van der Waals surface area contributed by atoms with Crippen LogP contribution in [0.3, 0.4) is 0 Å². The summed E-state index contributed by atoms with van der Waals surface area (Å²) in [6.45, 7) is 0. The molecule has 1 atom stereocenters. The van der Waals surface area contributed by atoms with E-state index in [1.807, 2.05) is 0 Å². The summed E-state index contributed by atoms with van der Waals surface area (Å²) in [6, 6.07) is 0.868. The fourth-order valence-corrected chi connectivity index (χ4v) is 3.29. The number of hydrogen-bond acceptors (Lipinski definition) is 6. The Labute approximate surface area is 152 Å². The van der Waals surface area contributed by atoms with Gasteiger partial charge in [-0.25, -0.2) is 9.97 Å². The Hall–Kier alpha value is -2.95. The monoisotopic (exact) mass is 399 g/mol.